The third-order valence-electron chi connectivity index (χ3n) is 24.2. The molecule has 538 valence electrons. The molecule has 2 heterocycles. The van der Waals surface area contributed by atoms with Gasteiger partial charge in [0.05, 0.1) is 0 Å². The number of pyridine rings is 1. The predicted molar refractivity (Wildman–Crippen MR) is 438 cm³/mol. The summed E-state index contributed by atoms with van der Waals surface area (Å²) in [5, 5.41) is 34.3. The number of benzene rings is 8. The molecule has 1 aliphatic heterocycles. The summed E-state index contributed by atoms with van der Waals surface area (Å²) in [7, 11) is -9.52. The molecule has 0 spiro atoms. The van der Waals surface area contributed by atoms with E-state index in [0.717, 1.165) is 106 Å². The lowest BCUT2D eigenvalue weighted by Crippen LogP contribution is -2.50. The Labute approximate surface area is 612 Å². The number of anilines is 1. The Morgan fingerprint density at radius 2 is 0.545 bits per heavy atom. The summed E-state index contributed by atoms with van der Waals surface area (Å²) < 4.78 is 29.6. The zero-order chi connectivity index (χ0) is 73.6. The molecule has 12 heteroatoms. The first-order valence-corrected chi connectivity index (χ1v) is 46.6. The minimum Gasteiger partial charge on any atom is -0.543 e. The fraction of sp³-hybridized carbons (Fsp3) is 0.449. The lowest BCUT2D eigenvalue weighted by atomic mass is 9.73. The van der Waals surface area contributed by atoms with E-state index in [-0.39, 0.29) is 0 Å². The predicted octanol–water partition coefficient (Wildman–Crippen LogP) is 25.4. The molecule has 1 aliphatic rings. The molecule has 101 heavy (non-hydrogen) atoms. The second-order valence-electron chi connectivity index (χ2n) is 33.3. The van der Waals surface area contributed by atoms with E-state index >= 15 is 10.2 Å². The van der Waals surface area contributed by atoms with E-state index < -0.39 is 44.5 Å². The van der Waals surface area contributed by atoms with Crippen molar-refractivity contribution in [1.29, 1.82) is 0 Å². The van der Waals surface area contributed by atoms with Crippen LogP contribution in [0, 0.1) is 0 Å². The van der Waals surface area contributed by atoms with Gasteiger partial charge in [-0.25, -0.2) is 0 Å². The average Bonchev–Trinajstić information content (AvgIpc) is 1.30. The van der Waals surface area contributed by atoms with Crippen LogP contribution in [-0.2, 0) is 24.3 Å². The molecule has 0 saturated carbocycles. The standard InChI is InChI=1S/C89H120N2O6Si4/c1-57(2)98(58(3)4,59(5)6)94-76-41-33-71(34-42-76)88(92,72-35-43-77(44-36-72)95-99(60(7)8,61(9)10)62(11)12)84-53-69-29-25-27-31-80(69)86-82(84)55-91(75-49-51-90-52-50-75)56-83-85(54-70-30-26-28-32-81(70)87(83)86)89(93,73-37-45-78(46-38-73)96-100(63(13)14,64(15)16)65(17)18)74-39-47-79(48-40-74)97-101(66(19)20,67(21)22)68(23)24/h25-54,57-68,92-93H,55-56H2,1-24H3. The smallest absolute Gasteiger partial charge is 0.258 e. The zero-order valence-electron chi connectivity index (χ0n) is 65.6. The maximum atomic E-state index is 15.1. The summed E-state index contributed by atoms with van der Waals surface area (Å²) in [5.74, 6) is 3.27. The van der Waals surface area contributed by atoms with Crippen LogP contribution in [0.3, 0.4) is 0 Å². The third kappa shape index (κ3) is 13.6. The normalized spacial score (nSPS) is 13.8. The van der Waals surface area contributed by atoms with Crippen LogP contribution in [-0.4, -0.2) is 48.5 Å². The molecule has 2 N–H and O–H groups in total. The Bertz CT molecular complexity index is 3780. The number of rotatable bonds is 27. The van der Waals surface area contributed by atoms with Gasteiger partial charge in [-0.3, -0.25) is 4.98 Å². The van der Waals surface area contributed by atoms with Crippen molar-refractivity contribution in [3.05, 3.63) is 227 Å². The number of hydrogen-bond donors (Lipinski definition) is 2. The minimum absolute atomic E-state index is 0.369. The van der Waals surface area contributed by atoms with Gasteiger partial charge in [0.1, 0.15) is 34.2 Å². The summed E-state index contributed by atoms with van der Waals surface area (Å²) in [4.78, 5) is 7.03. The molecule has 8 aromatic carbocycles. The van der Waals surface area contributed by atoms with E-state index in [2.05, 4.69) is 346 Å². The minimum atomic E-state index is -2.38. The van der Waals surface area contributed by atoms with Crippen molar-refractivity contribution in [3.8, 4) is 34.1 Å². The van der Waals surface area contributed by atoms with E-state index in [1.807, 2.05) is 12.4 Å². The number of aromatic nitrogens is 1. The highest BCUT2D eigenvalue weighted by molar-refractivity contribution is 6.79. The van der Waals surface area contributed by atoms with E-state index in [9.17, 15) is 0 Å². The van der Waals surface area contributed by atoms with Crippen LogP contribution in [0.5, 0.6) is 23.0 Å². The van der Waals surface area contributed by atoms with Gasteiger partial charge in [-0.05, 0) is 216 Å². The molecule has 0 unspecified atom stereocenters. The quantitative estimate of drug-likeness (QED) is 0.0389. The molecule has 1 aromatic heterocycles. The van der Waals surface area contributed by atoms with Gasteiger partial charge in [-0.1, -0.05) is 263 Å². The Morgan fingerprint density at radius 3 is 0.772 bits per heavy atom. The highest BCUT2D eigenvalue weighted by Gasteiger charge is 2.52. The monoisotopic (exact) mass is 1420 g/mol. The Hall–Kier alpha value is -6.78. The van der Waals surface area contributed by atoms with Crippen LogP contribution in [0.1, 0.15) is 211 Å². The third-order valence-corrected chi connectivity index (χ3v) is 48.2. The summed E-state index contributed by atoms with van der Waals surface area (Å²) in [6, 6.07) is 59.7. The van der Waals surface area contributed by atoms with Gasteiger partial charge in [-0.2, -0.15) is 0 Å². The Kier molecular flexibility index (Phi) is 22.9. The van der Waals surface area contributed by atoms with Crippen molar-refractivity contribution < 1.29 is 27.9 Å². The highest BCUT2D eigenvalue weighted by atomic mass is 28.4. The van der Waals surface area contributed by atoms with Gasteiger partial charge in [0.25, 0.3) is 33.3 Å². The van der Waals surface area contributed by atoms with Gasteiger partial charge in [0, 0.05) is 31.2 Å². The molecule has 0 bridgehead atoms. The van der Waals surface area contributed by atoms with Crippen LogP contribution in [0.2, 0.25) is 66.5 Å². The first-order chi connectivity index (χ1) is 47.7. The molecule has 0 fully saturated rings. The molecule has 0 atom stereocenters. The zero-order valence-corrected chi connectivity index (χ0v) is 69.6. The van der Waals surface area contributed by atoms with Crippen LogP contribution in [0.4, 0.5) is 5.69 Å². The fourth-order valence-electron chi connectivity index (χ4n) is 19.7. The van der Waals surface area contributed by atoms with Crippen LogP contribution >= 0.6 is 0 Å². The Balaban J connectivity index is 1.31. The lowest BCUT2D eigenvalue weighted by Gasteiger charge is -2.42. The number of nitrogens with zero attached hydrogens (tertiary/aromatic N) is 2. The topological polar surface area (TPSA) is 93.5 Å². The summed E-state index contributed by atoms with van der Waals surface area (Å²) in [5.41, 5.74) is 10.2. The lowest BCUT2D eigenvalue weighted by molar-refractivity contribution is 0.124. The molecule has 0 saturated heterocycles. The van der Waals surface area contributed by atoms with E-state index in [4.69, 9.17) is 17.7 Å². The molecular formula is C89H120N2O6Si4. The molecule has 0 aliphatic carbocycles. The van der Waals surface area contributed by atoms with Crippen molar-refractivity contribution >= 4 is 60.5 Å². The largest absolute Gasteiger partial charge is 0.543 e. The van der Waals surface area contributed by atoms with Crippen LogP contribution < -0.4 is 22.6 Å². The van der Waals surface area contributed by atoms with Gasteiger partial charge in [0.2, 0.25) is 0 Å². The van der Waals surface area contributed by atoms with E-state index in [1.165, 1.54) is 0 Å². The highest BCUT2D eigenvalue weighted by Crippen LogP contribution is 2.55. The molecule has 0 radical (unpaired) electrons. The van der Waals surface area contributed by atoms with Crippen molar-refractivity contribution in [2.24, 2.45) is 0 Å². The number of hydrogen-bond acceptors (Lipinski definition) is 8. The molecule has 9 aromatic rings. The van der Waals surface area contributed by atoms with Gasteiger partial charge in [-0.15, -0.1) is 0 Å². The maximum absolute atomic E-state index is 15.1. The van der Waals surface area contributed by atoms with Gasteiger partial charge in [0.15, 0.2) is 0 Å². The molecule has 0 amide bonds. The van der Waals surface area contributed by atoms with Gasteiger partial charge < -0.3 is 32.8 Å². The number of fused-ring (bicyclic) bond motifs is 7. The summed E-state index contributed by atoms with van der Waals surface area (Å²) >= 11 is 0. The molecular weight excluding hydrogens is 1310 g/mol. The average molecular weight is 1430 g/mol. The SMILES string of the molecule is CC(C)[Si](Oc1ccc(C(O)(c2ccc(O[Si](C(C)C)(C(C)C)C(C)C)cc2)c2cc3ccccc3c3c2CN(c2ccncc2)Cc2c(C(O)(c4ccc(O[Si](C(C)C)(C(C)C)C(C)C)cc4)c4ccc(O[Si](C(C)C)(C(C)C)C(C)C)cc4)cc4ccccc4c2-3)cc1)(C(C)C)C(C)C. The number of aliphatic hydroxyl groups is 2. The van der Waals surface area contributed by atoms with Gasteiger partial charge >= 0.3 is 0 Å². The van der Waals surface area contributed by atoms with Crippen LogP contribution in [0.15, 0.2) is 182 Å². The second-order valence-corrected chi connectivity index (χ2v) is 54.8. The first kappa shape index (κ1) is 76.8. The Morgan fingerprint density at radius 1 is 0.317 bits per heavy atom. The van der Waals surface area contributed by atoms with Crippen molar-refractivity contribution in [2.45, 2.75) is 257 Å². The second kappa shape index (κ2) is 30.1. The fourth-order valence-corrected chi connectivity index (χ4v) is 40.7. The van der Waals surface area contributed by atoms with Crippen molar-refractivity contribution in [2.75, 3.05) is 4.90 Å². The molecule has 8 nitrogen and oxygen atoms in total. The van der Waals surface area contributed by atoms with Crippen LogP contribution in [0.25, 0.3) is 32.7 Å². The first-order valence-electron chi connectivity index (χ1n) is 38.1. The van der Waals surface area contributed by atoms with E-state index in [0.29, 0.717) is 79.6 Å². The molecule has 10 rings (SSSR count). The van der Waals surface area contributed by atoms with Crippen molar-refractivity contribution in [3.63, 3.8) is 0 Å². The summed E-state index contributed by atoms with van der Waals surface area (Å²) in [6.45, 7) is 56.6. The van der Waals surface area contributed by atoms with E-state index in [1.54, 1.807) is 0 Å². The van der Waals surface area contributed by atoms with Crippen molar-refractivity contribution in [1.82, 2.24) is 4.98 Å². The summed E-state index contributed by atoms with van der Waals surface area (Å²) in [6.07, 6.45) is 3.74. The maximum Gasteiger partial charge on any atom is 0.258 e.